The van der Waals surface area contributed by atoms with Crippen molar-refractivity contribution in [2.45, 2.75) is 26.4 Å². The molecule has 0 aromatic heterocycles. The molecule has 0 aliphatic carbocycles. The Kier molecular flexibility index (Phi) is 8.26. The van der Waals surface area contributed by atoms with E-state index in [0.29, 0.717) is 36.4 Å². The number of aryl methyl sites for hydroxylation is 1. The van der Waals surface area contributed by atoms with Crippen LogP contribution in [0.3, 0.4) is 0 Å². The zero-order valence-electron chi connectivity index (χ0n) is 20.5. The number of benzene rings is 4. The highest BCUT2D eigenvalue weighted by Crippen LogP contribution is 2.23. The Morgan fingerprint density at radius 1 is 0.892 bits per heavy atom. The van der Waals surface area contributed by atoms with Gasteiger partial charge in [0.15, 0.2) is 0 Å². The van der Waals surface area contributed by atoms with Crippen LogP contribution >= 0.6 is 0 Å². The van der Waals surface area contributed by atoms with Gasteiger partial charge in [-0.2, -0.15) is 0 Å². The minimum Gasteiger partial charge on any atom is -0.489 e. The van der Waals surface area contributed by atoms with Gasteiger partial charge < -0.3 is 9.64 Å². The number of carbonyl (C=O) groups is 1. The van der Waals surface area contributed by atoms with Crippen LogP contribution in [0.15, 0.2) is 97.1 Å². The summed E-state index contributed by atoms with van der Waals surface area (Å²) < 4.78 is 19.5. The number of hydrogen-bond acceptors (Lipinski definition) is 4. The first-order valence-corrected chi connectivity index (χ1v) is 11.9. The van der Waals surface area contributed by atoms with E-state index in [1.54, 1.807) is 36.1 Å². The Hall–Kier alpha value is -4.52. The Bertz CT molecular complexity index is 1370. The highest BCUT2D eigenvalue weighted by molar-refractivity contribution is 5.94. The van der Waals surface area contributed by atoms with Gasteiger partial charge in [0, 0.05) is 23.9 Å². The van der Waals surface area contributed by atoms with Gasteiger partial charge in [0.05, 0.1) is 11.3 Å². The van der Waals surface area contributed by atoms with Gasteiger partial charge >= 0.3 is 0 Å². The summed E-state index contributed by atoms with van der Waals surface area (Å²) in [6.45, 7) is 2.46. The van der Waals surface area contributed by atoms with Gasteiger partial charge in [0.2, 0.25) is 5.91 Å². The third-order valence-electron chi connectivity index (χ3n) is 6.04. The summed E-state index contributed by atoms with van der Waals surface area (Å²) in [6, 6.07) is 28.1. The number of hydrogen-bond donors (Lipinski definition) is 0. The molecular formula is C30H27FN2O4. The average Bonchev–Trinajstić information content (AvgIpc) is 2.90. The maximum Gasteiger partial charge on any atom is 0.272 e. The van der Waals surface area contributed by atoms with Crippen molar-refractivity contribution in [2.24, 2.45) is 0 Å². The summed E-state index contributed by atoms with van der Waals surface area (Å²) in [7, 11) is 0. The summed E-state index contributed by atoms with van der Waals surface area (Å²) >= 11 is 0. The number of nitro groups is 1. The van der Waals surface area contributed by atoms with E-state index in [1.807, 2.05) is 54.6 Å². The van der Waals surface area contributed by atoms with E-state index in [1.165, 1.54) is 18.2 Å². The van der Waals surface area contributed by atoms with Crippen molar-refractivity contribution in [1.29, 1.82) is 0 Å². The lowest BCUT2D eigenvalue weighted by atomic mass is 10.1. The van der Waals surface area contributed by atoms with Crippen LogP contribution in [-0.4, -0.2) is 17.4 Å². The van der Waals surface area contributed by atoms with Gasteiger partial charge in [-0.3, -0.25) is 14.9 Å². The average molecular weight is 499 g/mol. The monoisotopic (exact) mass is 498 g/mol. The molecule has 37 heavy (non-hydrogen) atoms. The second-order valence-corrected chi connectivity index (χ2v) is 8.75. The van der Waals surface area contributed by atoms with Crippen LogP contribution in [0.1, 0.15) is 22.3 Å². The molecule has 0 bridgehead atoms. The Morgan fingerprint density at radius 3 is 2.35 bits per heavy atom. The fraction of sp³-hybridized carbons (Fsp3) is 0.167. The molecule has 0 aliphatic rings. The summed E-state index contributed by atoms with van der Waals surface area (Å²) in [5.41, 5.74) is 3.67. The highest BCUT2D eigenvalue weighted by Gasteiger charge is 2.19. The van der Waals surface area contributed by atoms with E-state index in [4.69, 9.17) is 4.74 Å². The van der Waals surface area contributed by atoms with E-state index in [-0.39, 0.29) is 18.0 Å². The number of anilines is 1. The molecule has 0 unspecified atom stereocenters. The topological polar surface area (TPSA) is 72.7 Å². The van der Waals surface area contributed by atoms with E-state index < -0.39 is 10.7 Å². The van der Waals surface area contributed by atoms with Gasteiger partial charge in [-0.05, 0) is 66.4 Å². The molecule has 0 N–H and O–H groups in total. The molecule has 7 heteroatoms. The Balaban J connectivity index is 1.48. The van der Waals surface area contributed by atoms with Gasteiger partial charge in [0.1, 0.15) is 18.2 Å². The van der Waals surface area contributed by atoms with Crippen LogP contribution in [0.4, 0.5) is 15.8 Å². The van der Waals surface area contributed by atoms with Crippen LogP contribution < -0.4 is 9.64 Å². The molecule has 0 heterocycles. The number of nitro benzene ring substituents is 1. The molecular weight excluding hydrogens is 471 g/mol. The molecule has 188 valence electrons. The van der Waals surface area contributed by atoms with Gasteiger partial charge in [-0.25, -0.2) is 4.39 Å². The van der Waals surface area contributed by atoms with Crippen LogP contribution in [0.25, 0.3) is 0 Å². The lowest BCUT2D eigenvalue weighted by Crippen LogP contribution is -2.34. The predicted molar refractivity (Wildman–Crippen MR) is 141 cm³/mol. The van der Waals surface area contributed by atoms with Crippen LogP contribution in [0, 0.1) is 22.9 Å². The maximum absolute atomic E-state index is 13.6. The Morgan fingerprint density at radius 2 is 1.62 bits per heavy atom. The zero-order chi connectivity index (χ0) is 26.2. The first kappa shape index (κ1) is 25.6. The molecule has 0 aliphatic heterocycles. The SMILES string of the molecule is Cc1ccc(CC(=O)N(CCc2cccc(OCc3ccccc3)c2)c2ccc(F)cc2)cc1[N+](=O)[O-]. The molecule has 1 amide bonds. The number of amides is 1. The number of ether oxygens (including phenoxy) is 1. The van der Waals surface area contributed by atoms with Crippen molar-refractivity contribution in [3.05, 3.63) is 135 Å². The van der Waals surface area contributed by atoms with Gasteiger partial charge in [0.25, 0.3) is 5.69 Å². The smallest absolute Gasteiger partial charge is 0.272 e. The van der Waals surface area contributed by atoms with Gasteiger partial charge in [-0.1, -0.05) is 54.6 Å². The molecule has 0 spiro atoms. The van der Waals surface area contributed by atoms with Crippen molar-refractivity contribution < 1.29 is 18.8 Å². The summed E-state index contributed by atoms with van der Waals surface area (Å²) in [5.74, 6) is 0.0998. The first-order valence-electron chi connectivity index (χ1n) is 11.9. The third kappa shape index (κ3) is 7.01. The van der Waals surface area contributed by atoms with Crippen molar-refractivity contribution in [2.75, 3.05) is 11.4 Å². The third-order valence-corrected chi connectivity index (χ3v) is 6.04. The molecule has 6 nitrogen and oxygen atoms in total. The number of halogens is 1. The van der Waals surface area contributed by atoms with Gasteiger partial charge in [-0.15, -0.1) is 0 Å². The van der Waals surface area contributed by atoms with Crippen LogP contribution in [-0.2, 0) is 24.2 Å². The molecule has 4 aromatic rings. The first-order chi connectivity index (χ1) is 17.9. The molecule has 4 aromatic carbocycles. The minimum atomic E-state index is -0.450. The van der Waals surface area contributed by atoms with E-state index in [9.17, 15) is 19.3 Å². The highest BCUT2D eigenvalue weighted by atomic mass is 19.1. The number of rotatable bonds is 10. The van der Waals surface area contributed by atoms with Crippen molar-refractivity contribution in [3.8, 4) is 5.75 Å². The molecule has 0 radical (unpaired) electrons. The fourth-order valence-electron chi connectivity index (χ4n) is 4.02. The van der Waals surface area contributed by atoms with Crippen molar-refractivity contribution in [1.82, 2.24) is 0 Å². The zero-order valence-corrected chi connectivity index (χ0v) is 20.5. The van der Waals surface area contributed by atoms with Crippen molar-refractivity contribution in [3.63, 3.8) is 0 Å². The fourth-order valence-corrected chi connectivity index (χ4v) is 4.02. The van der Waals surface area contributed by atoms with Crippen LogP contribution in [0.5, 0.6) is 5.75 Å². The minimum absolute atomic E-state index is 0.0152. The second kappa shape index (κ2) is 11.9. The van der Waals surface area contributed by atoms with E-state index in [0.717, 1.165) is 16.9 Å². The normalized spacial score (nSPS) is 10.6. The molecule has 0 fully saturated rings. The number of nitrogens with zero attached hydrogens (tertiary/aromatic N) is 2. The summed E-state index contributed by atoms with van der Waals surface area (Å²) in [5, 5.41) is 11.3. The summed E-state index contributed by atoms with van der Waals surface area (Å²) in [4.78, 5) is 25.8. The maximum atomic E-state index is 13.6. The van der Waals surface area contributed by atoms with E-state index >= 15 is 0 Å². The standard InChI is InChI=1S/C30H27FN2O4/c1-22-10-11-25(19-29(22)33(35)36)20-30(34)32(27-14-12-26(31)13-15-27)17-16-23-8-5-9-28(18-23)37-21-24-6-3-2-4-7-24/h2-15,18-19H,16-17,20-21H2,1H3. The Labute approximate surface area is 215 Å². The quantitative estimate of drug-likeness (QED) is 0.186. The lowest BCUT2D eigenvalue weighted by molar-refractivity contribution is -0.385. The molecule has 0 saturated heterocycles. The predicted octanol–water partition coefficient (Wildman–Crippen LogP) is 6.44. The molecule has 4 rings (SSSR count). The van der Waals surface area contributed by atoms with E-state index in [2.05, 4.69) is 0 Å². The van der Waals surface area contributed by atoms with Crippen molar-refractivity contribution >= 4 is 17.3 Å². The lowest BCUT2D eigenvalue weighted by Gasteiger charge is -2.23. The van der Waals surface area contributed by atoms with Crippen LogP contribution in [0.2, 0.25) is 0 Å². The second-order valence-electron chi connectivity index (χ2n) is 8.75. The molecule has 0 atom stereocenters. The molecule has 0 saturated carbocycles. The number of carbonyl (C=O) groups excluding carboxylic acids is 1. The largest absolute Gasteiger partial charge is 0.489 e. The summed E-state index contributed by atoms with van der Waals surface area (Å²) in [6.07, 6.45) is 0.526.